The number of amides is 1. The third-order valence-electron chi connectivity index (χ3n) is 3.41. The molecule has 0 fully saturated rings. The van der Waals surface area contributed by atoms with E-state index in [1.54, 1.807) is 6.07 Å². The maximum atomic E-state index is 12.2. The van der Waals surface area contributed by atoms with Gasteiger partial charge in [0.2, 0.25) is 0 Å². The Balaban J connectivity index is 2.65. The van der Waals surface area contributed by atoms with Gasteiger partial charge in [-0.1, -0.05) is 6.08 Å². The van der Waals surface area contributed by atoms with E-state index in [-0.39, 0.29) is 5.54 Å². The number of fused-ring (bicyclic) bond motifs is 1. The minimum absolute atomic E-state index is 0.246. The number of hydrogen-bond donors (Lipinski definition) is 2. The second kappa shape index (κ2) is 4.78. The number of carbonyl (C=O) groups is 2. The van der Waals surface area contributed by atoms with Gasteiger partial charge >= 0.3 is 0 Å². The van der Waals surface area contributed by atoms with Crippen LogP contribution in [0, 0.1) is 6.92 Å². The summed E-state index contributed by atoms with van der Waals surface area (Å²) in [5, 5.41) is 5.74. The number of Topliss-reactive ketones (excluding diaryl/α,β-unsaturated/α-hetero) is 1. The number of rotatable bonds is 2. The van der Waals surface area contributed by atoms with Crippen molar-refractivity contribution in [2.45, 2.75) is 33.2 Å². The summed E-state index contributed by atoms with van der Waals surface area (Å²) in [6.45, 7) is 8.02. The molecule has 1 aliphatic rings. The van der Waals surface area contributed by atoms with Gasteiger partial charge in [0.05, 0.1) is 16.8 Å². The van der Waals surface area contributed by atoms with Crippen LogP contribution in [0.4, 0.5) is 5.69 Å². The van der Waals surface area contributed by atoms with Gasteiger partial charge in [0.15, 0.2) is 0 Å². The lowest BCUT2D eigenvalue weighted by atomic mass is 9.87. The molecular weight excluding hydrogens is 252 g/mol. The SMILES string of the molecule is CNC(=O)C(=O)c1cc(C)cc2c1NC(C)(C)C=C2C. The summed E-state index contributed by atoms with van der Waals surface area (Å²) >= 11 is 0. The van der Waals surface area contributed by atoms with Crippen molar-refractivity contribution in [2.75, 3.05) is 12.4 Å². The van der Waals surface area contributed by atoms with E-state index in [2.05, 4.69) is 16.7 Å². The van der Waals surface area contributed by atoms with E-state index in [0.717, 1.165) is 22.4 Å². The molecule has 0 saturated carbocycles. The van der Waals surface area contributed by atoms with Gasteiger partial charge in [-0.3, -0.25) is 9.59 Å². The molecule has 1 heterocycles. The number of hydrogen-bond acceptors (Lipinski definition) is 3. The summed E-state index contributed by atoms with van der Waals surface area (Å²) in [6, 6.07) is 3.79. The molecule has 2 N–H and O–H groups in total. The van der Waals surface area contributed by atoms with Crippen LogP contribution in [-0.4, -0.2) is 24.3 Å². The predicted octanol–water partition coefficient (Wildman–Crippen LogP) is 2.53. The number of likely N-dealkylation sites (N-methyl/N-ethyl adjacent to an activating group) is 1. The molecule has 0 aromatic heterocycles. The molecule has 1 amide bonds. The number of allylic oxidation sites excluding steroid dienone is 1. The van der Waals surface area contributed by atoms with Crippen LogP contribution in [0.15, 0.2) is 18.2 Å². The van der Waals surface area contributed by atoms with Gasteiger partial charge in [-0.2, -0.15) is 0 Å². The number of nitrogens with one attached hydrogen (secondary N) is 2. The number of ketones is 1. The normalized spacial score (nSPS) is 15.8. The van der Waals surface area contributed by atoms with Crippen molar-refractivity contribution in [3.05, 3.63) is 34.9 Å². The molecule has 20 heavy (non-hydrogen) atoms. The molecular formula is C16H20N2O2. The Kier molecular flexibility index (Phi) is 3.42. The summed E-state index contributed by atoms with van der Waals surface area (Å²) in [5.41, 5.74) is 3.98. The van der Waals surface area contributed by atoms with E-state index in [0.29, 0.717) is 5.56 Å². The summed E-state index contributed by atoms with van der Waals surface area (Å²) in [7, 11) is 1.46. The lowest BCUT2D eigenvalue weighted by Gasteiger charge is -2.33. The van der Waals surface area contributed by atoms with E-state index in [1.807, 2.05) is 33.8 Å². The average molecular weight is 272 g/mol. The second-order valence-electron chi connectivity index (χ2n) is 5.82. The first-order valence-corrected chi connectivity index (χ1v) is 6.64. The summed E-state index contributed by atoms with van der Waals surface area (Å²) in [4.78, 5) is 23.9. The first-order chi connectivity index (χ1) is 9.25. The Bertz CT molecular complexity index is 628. The van der Waals surface area contributed by atoms with Crippen LogP contribution in [-0.2, 0) is 4.79 Å². The smallest absolute Gasteiger partial charge is 0.292 e. The number of aryl methyl sites for hydroxylation is 1. The Labute approximate surface area is 119 Å². The maximum absolute atomic E-state index is 12.2. The highest BCUT2D eigenvalue weighted by atomic mass is 16.2. The van der Waals surface area contributed by atoms with Crippen LogP contribution in [0.5, 0.6) is 0 Å². The van der Waals surface area contributed by atoms with Crippen molar-refractivity contribution in [1.29, 1.82) is 0 Å². The zero-order chi connectivity index (χ0) is 15.1. The van der Waals surface area contributed by atoms with Crippen LogP contribution in [0.25, 0.3) is 5.57 Å². The standard InChI is InChI=1S/C16H20N2O2/c1-9-6-11-10(2)8-16(3,4)18-13(11)12(7-9)14(19)15(20)17-5/h6-8,18H,1-5H3,(H,17,20). The lowest BCUT2D eigenvalue weighted by Crippen LogP contribution is -2.34. The Morgan fingerprint density at radius 1 is 1.20 bits per heavy atom. The number of carbonyl (C=O) groups excluding carboxylic acids is 2. The van der Waals surface area contributed by atoms with Crippen molar-refractivity contribution >= 4 is 23.0 Å². The van der Waals surface area contributed by atoms with Crippen molar-refractivity contribution in [2.24, 2.45) is 0 Å². The zero-order valence-electron chi connectivity index (χ0n) is 12.5. The van der Waals surface area contributed by atoms with Gasteiger partial charge in [0.25, 0.3) is 11.7 Å². The van der Waals surface area contributed by atoms with Crippen LogP contribution in [0.2, 0.25) is 0 Å². The van der Waals surface area contributed by atoms with Crippen LogP contribution in [0.1, 0.15) is 42.3 Å². The van der Waals surface area contributed by atoms with E-state index in [1.165, 1.54) is 7.05 Å². The quantitative estimate of drug-likeness (QED) is 0.642. The molecule has 1 aromatic carbocycles. The van der Waals surface area contributed by atoms with Gasteiger partial charge in [-0.15, -0.1) is 0 Å². The molecule has 0 radical (unpaired) electrons. The van der Waals surface area contributed by atoms with Crippen LogP contribution >= 0.6 is 0 Å². The van der Waals surface area contributed by atoms with E-state index < -0.39 is 11.7 Å². The minimum Gasteiger partial charge on any atom is -0.376 e. The molecule has 1 aliphatic heterocycles. The van der Waals surface area contributed by atoms with Crippen molar-refractivity contribution in [3.8, 4) is 0 Å². The summed E-state index contributed by atoms with van der Waals surface area (Å²) in [6.07, 6.45) is 2.13. The molecule has 4 heteroatoms. The topological polar surface area (TPSA) is 58.2 Å². The lowest BCUT2D eigenvalue weighted by molar-refractivity contribution is -0.116. The van der Waals surface area contributed by atoms with Crippen molar-refractivity contribution in [1.82, 2.24) is 5.32 Å². The zero-order valence-corrected chi connectivity index (χ0v) is 12.5. The molecule has 106 valence electrons. The van der Waals surface area contributed by atoms with Gasteiger partial charge < -0.3 is 10.6 Å². The van der Waals surface area contributed by atoms with E-state index in [4.69, 9.17) is 0 Å². The fraction of sp³-hybridized carbons (Fsp3) is 0.375. The third-order valence-corrected chi connectivity index (χ3v) is 3.41. The molecule has 0 atom stereocenters. The summed E-state index contributed by atoms with van der Waals surface area (Å²) in [5.74, 6) is -1.10. The maximum Gasteiger partial charge on any atom is 0.292 e. The largest absolute Gasteiger partial charge is 0.376 e. The summed E-state index contributed by atoms with van der Waals surface area (Å²) < 4.78 is 0. The van der Waals surface area contributed by atoms with Crippen LogP contribution < -0.4 is 10.6 Å². The first-order valence-electron chi connectivity index (χ1n) is 6.64. The third kappa shape index (κ3) is 2.46. The highest BCUT2D eigenvalue weighted by Gasteiger charge is 2.28. The molecule has 2 rings (SSSR count). The van der Waals surface area contributed by atoms with Gasteiger partial charge in [0.1, 0.15) is 0 Å². The fourth-order valence-electron chi connectivity index (χ4n) is 2.62. The second-order valence-corrected chi connectivity index (χ2v) is 5.82. The molecule has 4 nitrogen and oxygen atoms in total. The van der Waals surface area contributed by atoms with Crippen LogP contribution in [0.3, 0.4) is 0 Å². The number of benzene rings is 1. The number of anilines is 1. The molecule has 0 aliphatic carbocycles. The van der Waals surface area contributed by atoms with Gasteiger partial charge in [-0.25, -0.2) is 0 Å². The molecule has 0 unspecified atom stereocenters. The highest BCUT2D eigenvalue weighted by molar-refractivity contribution is 6.44. The Morgan fingerprint density at radius 3 is 2.45 bits per heavy atom. The average Bonchev–Trinajstić information content (AvgIpc) is 2.36. The Hall–Kier alpha value is -2.10. The van der Waals surface area contributed by atoms with E-state index in [9.17, 15) is 9.59 Å². The Morgan fingerprint density at radius 2 is 1.85 bits per heavy atom. The predicted molar refractivity (Wildman–Crippen MR) is 80.9 cm³/mol. The molecule has 0 spiro atoms. The molecule has 0 bridgehead atoms. The molecule has 0 saturated heterocycles. The first kappa shape index (κ1) is 14.3. The highest BCUT2D eigenvalue weighted by Crippen LogP contribution is 2.37. The van der Waals surface area contributed by atoms with Crippen molar-refractivity contribution < 1.29 is 9.59 Å². The monoisotopic (exact) mass is 272 g/mol. The fourth-order valence-corrected chi connectivity index (χ4v) is 2.62. The molecule has 1 aromatic rings. The van der Waals surface area contributed by atoms with Gasteiger partial charge in [-0.05, 0) is 51.0 Å². The minimum atomic E-state index is -0.593. The van der Waals surface area contributed by atoms with Crippen molar-refractivity contribution in [3.63, 3.8) is 0 Å². The van der Waals surface area contributed by atoms with E-state index >= 15 is 0 Å². The van der Waals surface area contributed by atoms with Gasteiger partial charge in [0, 0.05) is 12.6 Å².